The average Bonchev–Trinajstić information content (AvgIpc) is 3.77. The predicted octanol–water partition coefficient (Wildman–Crippen LogP) is 17.2. The van der Waals surface area contributed by atoms with Crippen LogP contribution in [0.3, 0.4) is 0 Å². The minimum Gasteiger partial charge on any atom is -0.334 e. The SMILES string of the molecule is C1=CC2C(C=C1)C1(c3cc(-c4ccc(-c5cccc(-c6cc(-c7ccc(-c8ccccc8)cc7)nc(-c7ccccc7)n6)c5)cc4)ccc3-c3c1ccc1ccccc31)c1ccccc1N2c1ccccc1. The zero-order valence-electron chi connectivity index (χ0n) is 39.5. The Kier molecular flexibility index (Phi) is 9.89. The third-order valence-electron chi connectivity index (χ3n) is 15.4. The molecule has 0 radical (unpaired) electrons. The van der Waals surface area contributed by atoms with Crippen molar-refractivity contribution < 1.29 is 0 Å². The lowest BCUT2D eigenvalue weighted by atomic mass is 9.58. The Morgan fingerprint density at radius 2 is 0.917 bits per heavy atom. The number of anilines is 2. The highest BCUT2D eigenvalue weighted by molar-refractivity contribution is 6.04. The van der Waals surface area contributed by atoms with Crippen molar-refractivity contribution in [2.75, 3.05) is 4.90 Å². The molecular weight excluding hydrogens is 871 g/mol. The molecule has 338 valence electrons. The van der Waals surface area contributed by atoms with Crippen molar-refractivity contribution in [3.05, 3.63) is 290 Å². The molecule has 1 spiro atoms. The molecule has 3 unspecified atom stereocenters. The Balaban J connectivity index is 0.859. The Hall–Kier alpha value is -9.18. The topological polar surface area (TPSA) is 29.0 Å². The van der Waals surface area contributed by atoms with Gasteiger partial charge < -0.3 is 4.90 Å². The predicted molar refractivity (Wildman–Crippen MR) is 298 cm³/mol. The highest BCUT2D eigenvalue weighted by atomic mass is 15.2. The summed E-state index contributed by atoms with van der Waals surface area (Å²) in [4.78, 5) is 12.9. The van der Waals surface area contributed by atoms with Crippen LogP contribution in [0.5, 0.6) is 0 Å². The minimum atomic E-state index is -0.439. The van der Waals surface area contributed by atoms with Crippen molar-refractivity contribution >= 4 is 22.1 Å². The summed E-state index contributed by atoms with van der Waals surface area (Å²) in [7, 11) is 0. The molecule has 3 atom stereocenters. The van der Waals surface area contributed by atoms with Crippen LogP contribution >= 0.6 is 0 Å². The van der Waals surface area contributed by atoms with Crippen LogP contribution in [0.4, 0.5) is 11.4 Å². The van der Waals surface area contributed by atoms with Crippen molar-refractivity contribution in [1.29, 1.82) is 0 Å². The van der Waals surface area contributed by atoms with Crippen molar-refractivity contribution in [2.24, 2.45) is 5.92 Å². The fourth-order valence-electron chi connectivity index (χ4n) is 12.1. The molecule has 1 aliphatic heterocycles. The number of hydrogen-bond acceptors (Lipinski definition) is 3. The van der Waals surface area contributed by atoms with Crippen LogP contribution in [-0.4, -0.2) is 16.0 Å². The Labute approximate surface area is 420 Å². The summed E-state index contributed by atoms with van der Waals surface area (Å²) < 4.78 is 0. The molecule has 0 amide bonds. The summed E-state index contributed by atoms with van der Waals surface area (Å²) in [6, 6.07) is 90.6. The van der Waals surface area contributed by atoms with Gasteiger partial charge >= 0.3 is 0 Å². The molecule has 3 aliphatic rings. The number of aromatic nitrogens is 2. The third-order valence-corrected chi connectivity index (χ3v) is 15.4. The van der Waals surface area contributed by atoms with E-state index in [1.54, 1.807) is 0 Å². The van der Waals surface area contributed by atoms with E-state index in [4.69, 9.17) is 9.97 Å². The van der Waals surface area contributed by atoms with Crippen LogP contribution in [0.1, 0.15) is 16.7 Å². The van der Waals surface area contributed by atoms with Gasteiger partial charge in [-0.05, 0) is 108 Å². The maximum absolute atomic E-state index is 5.19. The number of allylic oxidation sites excluding steroid dienone is 2. The van der Waals surface area contributed by atoms with Gasteiger partial charge in [-0.15, -0.1) is 0 Å². The Morgan fingerprint density at radius 3 is 1.68 bits per heavy atom. The number of benzene rings is 10. The second kappa shape index (κ2) is 17.0. The van der Waals surface area contributed by atoms with Crippen LogP contribution in [0.15, 0.2) is 273 Å². The van der Waals surface area contributed by atoms with E-state index in [0.717, 1.165) is 39.2 Å². The second-order valence-corrected chi connectivity index (χ2v) is 19.2. The first-order valence-corrected chi connectivity index (χ1v) is 25.0. The molecule has 2 heterocycles. The summed E-state index contributed by atoms with van der Waals surface area (Å²) in [6.07, 6.45) is 9.41. The average molecular weight is 918 g/mol. The molecule has 2 aliphatic carbocycles. The summed E-state index contributed by atoms with van der Waals surface area (Å²) in [5.41, 5.74) is 20.6. The number of hydrogen-bond donors (Lipinski definition) is 0. The summed E-state index contributed by atoms with van der Waals surface area (Å²) >= 11 is 0. The maximum atomic E-state index is 5.19. The lowest BCUT2D eigenvalue weighted by Gasteiger charge is -2.53. The van der Waals surface area contributed by atoms with Crippen LogP contribution in [0, 0.1) is 5.92 Å². The molecule has 72 heavy (non-hydrogen) atoms. The van der Waals surface area contributed by atoms with Crippen LogP contribution < -0.4 is 4.90 Å². The van der Waals surface area contributed by atoms with E-state index < -0.39 is 5.41 Å². The normalized spacial score (nSPS) is 17.1. The third kappa shape index (κ3) is 6.73. The molecule has 0 fully saturated rings. The molecule has 3 heteroatoms. The number of rotatable bonds is 7. The molecule has 0 bridgehead atoms. The van der Waals surface area contributed by atoms with Crippen LogP contribution in [-0.2, 0) is 5.41 Å². The lowest BCUT2D eigenvalue weighted by Crippen LogP contribution is -2.52. The molecule has 0 saturated carbocycles. The van der Waals surface area contributed by atoms with Crippen LogP contribution in [0.2, 0.25) is 0 Å². The van der Waals surface area contributed by atoms with Gasteiger partial charge in [0, 0.05) is 34.0 Å². The number of fused-ring (bicyclic) bond motifs is 11. The summed E-state index contributed by atoms with van der Waals surface area (Å²) in [5.74, 6) is 0.827. The zero-order valence-corrected chi connectivity index (χ0v) is 39.5. The Morgan fingerprint density at radius 1 is 0.361 bits per heavy atom. The highest BCUT2D eigenvalue weighted by Crippen LogP contribution is 2.64. The van der Waals surface area contributed by atoms with E-state index in [9.17, 15) is 0 Å². The minimum absolute atomic E-state index is 0.0987. The van der Waals surface area contributed by atoms with Gasteiger partial charge in [0.05, 0.1) is 22.8 Å². The van der Waals surface area contributed by atoms with E-state index >= 15 is 0 Å². The van der Waals surface area contributed by atoms with Gasteiger partial charge in [0.25, 0.3) is 0 Å². The molecular formula is C69H47N3. The first kappa shape index (κ1) is 41.8. The van der Waals surface area contributed by atoms with Gasteiger partial charge in [-0.3, -0.25) is 0 Å². The monoisotopic (exact) mass is 917 g/mol. The summed E-state index contributed by atoms with van der Waals surface area (Å²) in [6.45, 7) is 0. The largest absolute Gasteiger partial charge is 0.334 e. The standard InChI is InChI=1S/C69H47N3/c1-4-17-46(18-5-1)47-35-37-51(38-36-47)63-45-64(71-68(70-63)52-20-6-2-7-21-52)55-23-16-22-53(43-55)48-31-33-49(34-32-48)54-39-41-58-62(44-54)69(61-42-40-50-19-10-11-26-57(50)67(58)61)59-27-12-14-29-65(59)72(56-24-8-3-9-25-56)66-30-15-13-28-60(66)69/h1-45,59,65H. The van der Waals surface area contributed by atoms with Gasteiger partial charge in [-0.1, -0.05) is 237 Å². The van der Waals surface area contributed by atoms with Gasteiger partial charge in [-0.25, -0.2) is 9.97 Å². The van der Waals surface area contributed by atoms with Crippen molar-refractivity contribution in [1.82, 2.24) is 9.97 Å². The first-order chi connectivity index (χ1) is 35.7. The first-order valence-electron chi connectivity index (χ1n) is 25.0. The summed E-state index contributed by atoms with van der Waals surface area (Å²) in [5, 5.41) is 2.56. The van der Waals surface area contributed by atoms with Gasteiger partial charge in [0.2, 0.25) is 0 Å². The Bertz CT molecular complexity index is 3910. The van der Waals surface area contributed by atoms with E-state index in [-0.39, 0.29) is 12.0 Å². The molecule has 14 rings (SSSR count). The van der Waals surface area contributed by atoms with Gasteiger partial charge in [0.15, 0.2) is 5.82 Å². The smallest absolute Gasteiger partial charge is 0.160 e. The number of para-hydroxylation sites is 2. The van der Waals surface area contributed by atoms with Gasteiger partial charge in [0.1, 0.15) is 0 Å². The van der Waals surface area contributed by atoms with Crippen molar-refractivity contribution in [3.8, 4) is 78.4 Å². The quantitative estimate of drug-likeness (QED) is 0.159. The molecule has 11 aromatic rings. The van der Waals surface area contributed by atoms with E-state index in [0.29, 0.717) is 5.82 Å². The van der Waals surface area contributed by atoms with Crippen molar-refractivity contribution in [3.63, 3.8) is 0 Å². The highest BCUT2D eigenvalue weighted by Gasteiger charge is 2.57. The molecule has 3 nitrogen and oxygen atoms in total. The molecule has 1 aromatic heterocycles. The molecule has 0 saturated heterocycles. The fraction of sp³-hybridized carbons (Fsp3) is 0.0435. The van der Waals surface area contributed by atoms with Crippen molar-refractivity contribution in [2.45, 2.75) is 11.5 Å². The van der Waals surface area contributed by atoms with Crippen LogP contribution in [0.25, 0.3) is 89.2 Å². The molecule has 10 aromatic carbocycles. The van der Waals surface area contributed by atoms with E-state index in [1.807, 2.05) is 18.2 Å². The maximum Gasteiger partial charge on any atom is 0.160 e. The zero-order chi connectivity index (χ0) is 47.6. The van der Waals surface area contributed by atoms with E-state index in [1.165, 1.54) is 72.2 Å². The van der Waals surface area contributed by atoms with E-state index in [2.05, 4.69) is 260 Å². The lowest BCUT2D eigenvalue weighted by molar-refractivity contribution is 0.392. The molecule has 0 N–H and O–H groups in total. The number of nitrogens with zero attached hydrogens (tertiary/aromatic N) is 3. The van der Waals surface area contributed by atoms with Gasteiger partial charge in [-0.2, -0.15) is 0 Å². The second-order valence-electron chi connectivity index (χ2n) is 19.2. The fourth-order valence-corrected chi connectivity index (χ4v) is 12.1.